The fraction of sp³-hybridized carbons (Fsp3) is 0.524. The second-order valence-electron chi connectivity index (χ2n) is 14.5. The summed E-state index contributed by atoms with van der Waals surface area (Å²) < 4.78 is 5.23. The standard InChI is InChI=1S/C42H61N7O12S/c1-7-60-41(58)42(21-19-35(51)52,49(59-5)61-8-2)40(57)48-33(25-29-17-13-10-14-18-29)39(56)47-32(24-28-15-11-9-12-16-28)37(54)44-26-34(50)45-31(23-27(3)4)38(55)46-30(36(43)53)20-22-62-6/h9-18,27,30-33H,7-8,19-26H2,1-6H3,(H2,43,53)(H,44,54)(H,45,50)(H,46,55)(H,47,56)(H,48,57)(H,51,52)/t30-,31-,32-,33-,42-/m0/s1. The van der Waals surface area contributed by atoms with Gasteiger partial charge in [-0.2, -0.15) is 11.8 Å². The van der Waals surface area contributed by atoms with E-state index < -0.39 is 96.5 Å². The van der Waals surface area contributed by atoms with Gasteiger partial charge in [0.15, 0.2) is 0 Å². The molecule has 20 heteroatoms. The Labute approximate surface area is 366 Å². The number of carbonyl (C=O) groups is 8. The van der Waals surface area contributed by atoms with Crippen molar-refractivity contribution in [2.75, 3.05) is 38.9 Å². The number of carboxylic acid groups (broad SMARTS) is 1. The predicted molar refractivity (Wildman–Crippen MR) is 229 cm³/mol. The van der Waals surface area contributed by atoms with Crippen LogP contribution in [-0.4, -0.2) is 126 Å². The lowest BCUT2D eigenvalue weighted by molar-refractivity contribution is -0.388. The molecule has 0 aliphatic heterocycles. The molecule has 5 atom stereocenters. The highest BCUT2D eigenvalue weighted by Gasteiger charge is 2.55. The van der Waals surface area contributed by atoms with Gasteiger partial charge in [0.1, 0.15) is 24.2 Å². The van der Waals surface area contributed by atoms with Gasteiger partial charge in [-0.25, -0.2) is 4.79 Å². The maximum absolute atomic E-state index is 14.4. The van der Waals surface area contributed by atoms with Crippen LogP contribution in [0.25, 0.3) is 0 Å². The van der Waals surface area contributed by atoms with E-state index in [2.05, 4.69) is 26.6 Å². The fourth-order valence-electron chi connectivity index (χ4n) is 6.23. The van der Waals surface area contributed by atoms with E-state index in [-0.39, 0.29) is 38.4 Å². The van der Waals surface area contributed by atoms with E-state index in [0.29, 0.717) is 28.5 Å². The number of ether oxygens (including phenoxy) is 1. The Morgan fingerprint density at radius 2 is 1.32 bits per heavy atom. The van der Waals surface area contributed by atoms with Gasteiger partial charge in [0.05, 0.1) is 26.9 Å². The van der Waals surface area contributed by atoms with Gasteiger partial charge in [-0.15, -0.1) is 0 Å². The third-order valence-electron chi connectivity index (χ3n) is 9.29. The Morgan fingerprint density at radius 3 is 1.81 bits per heavy atom. The topological polar surface area (TPSA) is 274 Å². The fourth-order valence-corrected chi connectivity index (χ4v) is 6.70. The zero-order valence-corrected chi connectivity index (χ0v) is 36.9. The smallest absolute Gasteiger partial charge is 0.341 e. The molecule has 62 heavy (non-hydrogen) atoms. The normalized spacial score (nSPS) is 14.0. The van der Waals surface area contributed by atoms with Crippen LogP contribution in [0.5, 0.6) is 0 Å². The van der Waals surface area contributed by atoms with Crippen LogP contribution in [-0.2, 0) is 65.6 Å². The van der Waals surface area contributed by atoms with E-state index in [9.17, 15) is 43.5 Å². The molecule has 0 fully saturated rings. The van der Waals surface area contributed by atoms with Crippen molar-refractivity contribution in [1.82, 2.24) is 31.8 Å². The van der Waals surface area contributed by atoms with Gasteiger partial charge < -0.3 is 42.2 Å². The van der Waals surface area contributed by atoms with Crippen LogP contribution >= 0.6 is 11.8 Å². The molecule has 2 aromatic carbocycles. The van der Waals surface area contributed by atoms with E-state index in [0.717, 1.165) is 7.11 Å². The van der Waals surface area contributed by atoms with Crippen LogP contribution in [0, 0.1) is 5.92 Å². The van der Waals surface area contributed by atoms with Crippen molar-refractivity contribution in [3.8, 4) is 0 Å². The van der Waals surface area contributed by atoms with Crippen molar-refractivity contribution in [2.24, 2.45) is 11.7 Å². The van der Waals surface area contributed by atoms with Crippen molar-refractivity contribution < 1.29 is 57.9 Å². The van der Waals surface area contributed by atoms with Gasteiger partial charge in [0.25, 0.3) is 5.91 Å². The number of hydrogen-bond donors (Lipinski definition) is 7. The Bertz CT molecular complexity index is 1790. The van der Waals surface area contributed by atoms with E-state index >= 15 is 0 Å². The summed E-state index contributed by atoms with van der Waals surface area (Å²) in [5.74, 6) is -6.96. The Hall–Kier alpha value is -5.57. The van der Waals surface area contributed by atoms with Gasteiger partial charge in [0, 0.05) is 25.7 Å². The molecule has 0 aliphatic rings. The van der Waals surface area contributed by atoms with Crippen LogP contribution < -0.4 is 32.3 Å². The molecule has 0 spiro atoms. The van der Waals surface area contributed by atoms with Crippen LogP contribution in [0.2, 0.25) is 0 Å². The summed E-state index contributed by atoms with van der Waals surface area (Å²) in [5, 5.41) is 23.1. The molecule has 2 aromatic rings. The minimum absolute atomic E-state index is 0.0509. The van der Waals surface area contributed by atoms with Crippen LogP contribution in [0.3, 0.4) is 0 Å². The highest BCUT2D eigenvalue weighted by molar-refractivity contribution is 7.98. The Morgan fingerprint density at radius 1 is 0.774 bits per heavy atom. The number of esters is 1. The second kappa shape index (κ2) is 27.4. The molecule has 6 amide bonds. The number of amides is 6. The summed E-state index contributed by atoms with van der Waals surface area (Å²) in [6.07, 6.45) is 0.719. The highest BCUT2D eigenvalue weighted by atomic mass is 32.2. The third-order valence-corrected chi connectivity index (χ3v) is 9.93. The number of benzene rings is 2. The van der Waals surface area contributed by atoms with Crippen molar-refractivity contribution in [3.05, 3.63) is 71.8 Å². The number of nitrogens with zero attached hydrogens (tertiary/aromatic N) is 1. The lowest BCUT2D eigenvalue weighted by atomic mass is 9.91. The maximum atomic E-state index is 14.4. The van der Waals surface area contributed by atoms with Crippen LogP contribution in [0.1, 0.15) is 64.5 Å². The molecule has 19 nitrogen and oxygen atoms in total. The summed E-state index contributed by atoms with van der Waals surface area (Å²) >= 11 is 1.47. The summed E-state index contributed by atoms with van der Waals surface area (Å²) in [6, 6.07) is 12.4. The Kier molecular flexibility index (Phi) is 23.2. The van der Waals surface area contributed by atoms with Crippen LogP contribution in [0.4, 0.5) is 0 Å². The van der Waals surface area contributed by atoms with Gasteiger partial charge in [-0.1, -0.05) is 74.5 Å². The summed E-state index contributed by atoms with van der Waals surface area (Å²) in [5.41, 5.74) is 4.15. The molecule has 0 aromatic heterocycles. The molecule has 0 saturated carbocycles. The first-order valence-corrected chi connectivity index (χ1v) is 21.6. The van der Waals surface area contributed by atoms with Crippen molar-refractivity contribution in [1.29, 1.82) is 0 Å². The highest BCUT2D eigenvalue weighted by Crippen LogP contribution is 2.26. The first-order chi connectivity index (χ1) is 29.5. The molecule has 0 aliphatic carbocycles. The number of carboxylic acids is 1. The SMILES string of the molecule is CCOC(=O)[C@](CCC(=O)O)(C(=O)N[C@@H](Cc1ccccc1)C(=O)N[C@@H](Cc1ccccc1)C(=O)NCC(=O)N[C@@H](CC(C)C)C(=O)N[C@@H](CCSC)C(N)=O)N(OC)OCC. The molecular formula is C42H61N7O12S. The Balaban J connectivity index is 2.47. The zero-order valence-electron chi connectivity index (χ0n) is 36.1. The zero-order chi connectivity index (χ0) is 46.2. The average molecular weight is 888 g/mol. The molecule has 0 heterocycles. The van der Waals surface area contributed by atoms with Gasteiger partial charge in [-0.3, -0.25) is 43.2 Å². The molecule has 0 bridgehead atoms. The van der Waals surface area contributed by atoms with E-state index in [1.54, 1.807) is 67.6 Å². The van der Waals surface area contributed by atoms with Crippen molar-refractivity contribution in [3.63, 3.8) is 0 Å². The third kappa shape index (κ3) is 17.1. The first-order valence-electron chi connectivity index (χ1n) is 20.2. The molecule has 2 rings (SSSR count). The lowest BCUT2D eigenvalue weighted by Crippen LogP contribution is -2.66. The lowest BCUT2D eigenvalue weighted by Gasteiger charge is -2.37. The first kappa shape index (κ1) is 52.6. The van der Waals surface area contributed by atoms with Gasteiger partial charge >= 0.3 is 11.9 Å². The average Bonchev–Trinajstić information content (AvgIpc) is 3.23. The van der Waals surface area contributed by atoms with Crippen molar-refractivity contribution >= 4 is 59.1 Å². The number of nitrogens with two attached hydrogens (primary N) is 1. The van der Waals surface area contributed by atoms with Crippen LogP contribution in [0.15, 0.2) is 60.7 Å². The summed E-state index contributed by atoms with van der Waals surface area (Å²) in [6.45, 7) is 5.80. The minimum Gasteiger partial charge on any atom is -0.481 e. The summed E-state index contributed by atoms with van der Waals surface area (Å²) in [4.78, 5) is 117. The molecule has 0 unspecified atom stereocenters. The number of nitrogens with one attached hydrogen (secondary N) is 5. The molecule has 8 N–H and O–H groups in total. The van der Waals surface area contributed by atoms with E-state index in [4.69, 9.17) is 20.1 Å². The monoisotopic (exact) mass is 887 g/mol. The number of primary amides is 1. The van der Waals surface area contributed by atoms with Gasteiger partial charge in [0.2, 0.25) is 35.1 Å². The second-order valence-corrected chi connectivity index (χ2v) is 15.5. The number of hydrogen-bond acceptors (Lipinski definition) is 13. The van der Waals surface area contributed by atoms with E-state index in [1.165, 1.54) is 18.7 Å². The molecule has 342 valence electrons. The predicted octanol–water partition coefficient (Wildman–Crippen LogP) is 0.793. The maximum Gasteiger partial charge on any atom is 0.341 e. The molecular weight excluding hydrogens is 827 g/mol. The number of rotatable bonds is 29. The molecule has 0 radical (unpaired) electrons. The number of carbonyl (C=O) groups excluding carboxylic acids is 7. The largest absolute Gasteiger partial charge is 0.481 e. The number of thioether (sulfide) groups is 1. The molecule has 0 saturated heterocycles. The quantitative estimate of drug-likeness (QED) is 0.0338. The number of aliphatic carboxylic acids is 1. The number of hydroxylamine groups is 2. The van der Waals surface area contributed by atoms with Gasteiger partial charge in [-0.05, 0) is 61.0 Å². The van der Waals surface area contributed by atoms with Crippen molar-refractivity contribution in [2.45, 2.75) is 95.9 Å². The van der Waals surface area contributed by atoms with E-state index in [1.807, 2.05) is 20.1 Å². The summed E-state index contributed by atoms with van der Waals surface area (Å²) in [7, 11) is 1.10. The minimum atomic E-state index is -2.55.